The van der Waals surface area contributed by atoms with Crippen molar-refractivity contribution in [2.75, 3.05) is 34.0 Å². The molecule has 15 atom stereocenters. The number of nitrogens with two attached hydrogens (primary N) is 3. The summed E-state index contributed by atoms with van der Waals surface area (Å²) in [7, 11) is 2.65. The first-order valence-corrected chi connectivity index (χ1v) is 11.6. The van der Waals surface area contributed by atoms with Gasteiger partial charge in [0, 0.05) is 14.2 Å². The number of hydrogen-bond donors (Lipinski definition) is 9. The Balaban J connectivity index is 1.72. The summed E-state index contributed by atoms with van der Waals surface area (Å²) < 4.78 is 38.6. The second kappa shape index (κ2) is 12.9. The Morgan fingerprint density at radius 1 is 0.556 bits per heavy atom. The van der Waals surface area contributed by atoms with Crippen molar-refractivity contribution in [1.82, 2.24) is 0 Å². The van der Waals surface area contributed by atoms with Gasteiger partial charge in [-0.1, -0.05) is 0 Å². The van der Waals surface area contributed by atoms with E-state index in [1.165, 1.54) is 14.2 Å². The minimum Gasteiger partial charge on any atom is -0.394 e. The molecule has 3 fully saturated rings. The monoisotopic (exact) mass is 529 g/mol. The summed E-state index contributed by atoms with van der Waals surface area (Å²) in [6.07, 6.45) is -14.5. The molecule has 12 N–H and O–H groups in total. The summed E-state index contributed by atoms with van der Waals surface area (Å²) in [5.74, 6) is 0. The van der Waals surface area contributed by atoms with Crippen molar-refractivity contribution in [2.45, 2.75) is 91.9 Å². The molecule has 16 heteroatoms. The Kier molecular flexibility index (Phi) is 10.8. The van der Waals surface area contributed by atoms with Gasteiger partial charge in [-0.25, -0.2) is 0 Å². The van der Waals surface area contributed by atoms with Crippen LogP contribution in [0.3, 0.4) is 0 Å². The van der Waals surface area contributed by atoms with Gasteiger partial charge in [-0.3, -0.25) is 0 Å². The lowest BCUT2D eigenvalue weighted by atomic mass is 9.94. The van der Waals surface area contributed by atoms with Crippen LogP contribution >= 0.6 is 0 Å². The highest BCUT2D eigenvalue weighted by molar-refractivity contribution is 4.98. The van der Waals surface area contributed by atoms with Crippen LogP contribution < -0.4 is 17.2 Å². The average molecular weight is 530 g/mol. The summed E-state index contributed by atoms with van der Waals surface area (Å²) in [6.45, 7) is -1.71. The first kappa shape index (κ1) is 29.9. The fraction of sp³-hybridized carbons (Fsp3) is 1.00. The molecule has 0 saturated carbocycles. The molecule has 0 aromatic heterocycles. The maximum absolute atomic E-state index is 10.9. The zero-order valence-corrected chi connectivity index (χ0v) is 20.1. The van der Waals surface area contributed by atoms with Gasteiger partial charge in [0.05, 0.1) is 37.9 Å². The average Bonchev–Trinajstić information content (AvgIpc) is 2.88. The van der Waals surface area contributed by atoms with Crippen LogP contribution in [0.1, 0.15) is 0 Å². The Hall–Kier alpha value is -0.640. The van der Waals surface area contributed by atoms with Crippen LogP contribution in [-0.4, -0.2) is 157 Å². The molecule has 16 nitrogen and oxygen atoms in total. The molecule has 212 valence electrons. The number of rotatable bonds is 9. The van der Waals surface area contributed by atoms with Crippen molar-refractivity contribution < 1.29 is 63.8 Å². The lowest BCUT2D eigenvalue weighted by Gasteiger charge is -2.49. The third kappa shape index (κ3) is 5.84. The molecule has 0 spiro atoms. The second-order valence-electron chi connectivity index (χ2n) is 9.02. The molecule has 3 heterocycles. The number of methoxy groups -OCH3 is 2. The zero-order valence-electron chi connectivity index (χ0n) is 20.1. The Morgan fingerprint density at radius 3 is 1.25 bits per heavy atom. The van der Waals surface area contributed by atoms with Crippen LogP contribution in [0.25, 0.3) is 0 Å². The molecule has 0 amide bonds. The predicted molar refractivity (Wildman–Crippen MR) is 117 cm³/mol. The molecule has 0 bridgehead atoms. The first-order valence-electron chi connectivity index (χ1n) is 11.6. The topological polar surface area (TPSA) is 264 Å². The van der Waals surface area contributed by atoms with Crippen LogP contribution in [0.5, 0.6) is 0 Å². The van der Waals surface area contributed by atoms with E-state index >= 15 is 0 Å². The van der Waals surface area contributed by atoms with Crippen molar-refractivity contribution >= 4 is 0 Å². The van der Waals surface area contributed by atoms with Gasteiger partial charge < -0.3 is 81.0 Å². The number of aliphatic hydroxyl groups is 6. The van der Waals surface area contributed by atoms with Crippen LogP contribution in [0.15, 0.2) is 0 Å². The quantitative estimate of drug-likeness (QED) is 0.134. The molecule has 5 unspecified atom stereocenters. The standard InChI is InChI=1S/C20H39N3O13/c1-30-15-6(3-24)33-19(10(22)12(15)27)36-17-8(5-26)34-20(11(23)14(17)29)35-16-7(4-25)32-18(31-2)9(21)13(16)28/h6-20,24-29H,3-5,21-23H2,1-2H3/t6?,7?,8-,9-,10-,11?,12?,13-,14?,15-,16-,17-,18-,19+,20-/m1/s1. The molecule has 0 radical (unpaired) electrons. The molecule has 3 rings (SSSR count). The third-order valence-electron chi connectivity index (χ3n) is 6.79. The second-order valence-corrected chi connectivity index (χ2v) is 9.02. The molecule has 3 aliphatic heterocycles. The van der Waals surface area contributed by atoms with E-state index in [9.17, 15) is 30.6 Å². The normalized spacial score (nSPS) is 50.2. The zero-order chi connectivity index (χ0) is 26.7. The van der Waals surface area contributed by atoms with Gasteiger partial charge in [0.2, 0.25) is 0 Å². The Labute approximate surface area is 207 Å². The fourth-order valence-corrected chi connectivity index (χ4v) is 4.66. The molecule has 0 aliphatic carbocycles. The molecule has 0 aromatic rings. The summed E-state index contributed by atoms with van der Waals surface area (Å²) in [5.41, 5.74) is 18.1. The van der Waals surface area contributed by atoms with Gasteiger partial charge in [0.1, 0.15) is 54.9 Å². The minimum atomic E-state index is -1.50. The molecular formula is C20H39N3O13. The van der Waals surface area contributed by atoms with Gasteiger partial charge in [-0.05, 0) is 0 Å². The largest absolute Gasteiger partial charge is 0.394 e. The smallest absolute Gasteiger partial charge is 0.176 e. The molecule has 3 aliphatic rings. The third-order valence-corrected chi connectivity index (χ3v) is 6.79. The highest BCUT2D eigenvalue weighted by atomic mass is 16.7. The van der Waals surface area contributed by atoms with E-state index in [1.54, 1.807) is 0 Å². The van der Waals surface area contributed by atoms with Crippen molar-refractivity contribution in [3.8, 4) is 0 Å². The maximum Gasteiger partial charge on any atom is 0.176 e. The van der Waals surface area contributed by atoms with E-state index in [0.29, 0.717) is 0 Å². The van der Waals surface area contributed by atoms with Gasteiger partial charge >= 0.3 is 0 Å². The van der Waals surface area contributed by atoms with Crippen molar-refractivity contribution in [2.24, 2.45) is 17.2 Å². The van der Waals surface area contributed by atoms with E-state index in [0.717, 1.165) is 0 Å². The lowest BCUT2D eigenvalue weighted by Crippen LogP contribution is -2.69. The molecule has 0 aromatic carbocycles. The summed E-state index contributed by atoms with van der Waals surface area (Å²) in [6, 6.07) is -3.43. The molecular weight excluding hydrogens is 490 g/mol. The lowest BCUT2D eigenvalue weighted by molar-refractivity contribution is -0.349. The fourth-order valence-electron chi connectivity index (χ4n) is 4.66. The van der Waals surface area contributed by atoms with Crippen LogP contribution in [0.2, 0.25) is 0 Å². The SMILES string of the molecule is CO[C@@H]1C(CO)O[C@@H](O[C@H]2C(O)C(N)[C@@H](O[C@@H]3C(CO)O[C@@H](OC)[C@H](N)[C@H]3O)O[C@@H]2CO)[C@H](N)C1O. The van der Waals surface area contributed by atoms with E-state index < -0.39 is 112 Å². The van der Waals surface area contributed by atoms with Gasteiger partial charge in [0.25, 0.3) is 0 Å². The minimum absolute atomic E-state index is 0.505. The molecule has 36 heavy (non-hydrogen) atoms. The van der Waals surface area contributed by atoms with E-state index in [4.69, 9.17) is 50.4 Å². The van der Waals surface area contributed by atoms with E-state index in [2.05, 4.69) is 0 Å². The van der Waals surface area contributed by atoms with Crippen molar-refractivity contribution in [3.63, 3.8) is 0 Å². The Bertz CT molecular complexity index is 677. The predicted octanol–water partition coefficient (Wildman–Crippen LogP) is -6.37. The summed E-state index contributed by atoms with van der Waals surface area (Å²) in [4.78, 5) is 0. The van der Waals surface area contributed by atoms with Gasteiger partial charge in [-0.2, -0.15) is 0 Å². The summed E-state index contributed by atoms with van der Waals surface area (Å²) >= 11 is 0. The van der Waals surface area contributed by atoms with Crippen molar-refractivity contribution in [1.29, 1.82) is 0 Å². The number of hydrogen-bond acceptors (Lipinski definition) is 16. The first-order chi connectivity index (χ1) is 17.1. The van der Waals surface area contributed by atoms with Crippen molar-refractivity contribution in [3.05, 3.63) is 0 Å². The van der Waals surface area contributed by atoms with Crippen LogP contribution in [0.4, 0.5) is 0 Å². The van der Waals surface area contributed by atoms with Gasteiger partial charge in [-0.15, -0.1) is 0 Å². The van der Waals surface area contributed by atoms with E-state index in [1.807, 2.05) is 0 Å². The van der Waals surface area contributed by atoms with Crippen LogP contribution in [0, 0.1) is 0 Å². The van der Waals surface area contributed by atoms with Gasteiger partial charge in [0.15, 0.2) is 18.9 Å². The number of aliphatic hydroxyl groups excluding tert-OH is 6. The summed E-state index contributed by atoms with van der Waals surface area (Å²) in [5, 5.41) is 61.2. The number of ether oxygens (including phenoxy) is 7. The molecule has 3 saturated heterocycles. The Morgan fingerprint density at radius 2 is 0.889 bits per heavy atom. The maximum atomic E-state index is 10.9. The van der Waals surface area contributed by atoms with E-state index in [-0.39, 0.29) is 0 Å². The van der Waals surface area contributed by atoms with Crippen LogP contribution in [-0.2, 0) is 33.2 Å². The highest BCUT2D eigenvalue weighted by Gasteiger charge is 2.52. The highest BCUT2D eigenvalue weighted by Crippen LogP contribution is 2.31.